The van der Waals surface area contributed by atoms with Crippen LogP contribution in [-0.4, -0.2) is 34.9 Å². The Morgan fingerprint density at radius 2 is 2.04 bits per heavy atom. The quantitative estimate of drug-likeness (QED) is 0.798. The summed E-state index contributed by atoms with van der Waals surface area (Å²) in [4.78, 5) is 11.9. The monoisotopic (exact) mass is 356 g/mol. The van der Waals surface area contributed by atoms with Crippen LogP contribution in [0.1, 0.15) is 51.3 Å². The van der Waals surface area contributed by atoms with E-state index < -0.39 is 5.97 Å². The molecular weight excluding hydrogens is 328 g/mol. The minimum Gasteiger partial charge on any atom is -0.478 e. The molecule has 0 aliphatic carbocycles. The fraction of sp³-hybridized carbons (Fsp3) is 0.476. The summed E-state index contributed by atoms with van der Waals surface area (Å²) in [6, 6.07) is 8.24. The van der Waals surface area contributed by atoms with Gasteiger partial charge in [0.1, 0.15) is 0 Å². The standard InChI is InChI=1S/C21H28N2O3/c1-14-7-4-5-8-17(14)13-23-15(2)19(20(16(23)3)21(24)25)12-22-11-18-9-6-10-26-18/h4-5,7-8,18,22H,6,9-13H2,1-3H3,(H,24,25). The average molecular weight is 356 g/mol. The molecule has 5 heteroatoms. The van der Waals surface area contributed by atoms with Crippen LogP contribution in [0.25, 0.3) is 0 Å². The fourth-order valence-corrected chi connectivity index (χ4v) is 3.81. The van der Waals surface area contributed by atoms with E-state index in [1.807, 2.05) is 26.0 Å². The van der Waals surface area contributed by atoms with E-state index >= 15 is 0 Å². The summed E-state index contributed by atoms with van der Waals surface area (Å²) in [5, 5.41) is 13.1. The molecule has 3 rings (SSSR count). The maximum Gasteiger partial charge on any atom is 0.337 e. The first-order chi connectivity index (χ1) is 12.5. The normalized spacial score (nSPS) is 17.0. The predicted octanol–water partition coefficient (Wildman–Crippen LogP) is 3.43. The second-order valence-electron chi connectivity index (χ2n) is 7.11. The van der Waals surface area contributed by atoms with Gasteiger partial charge < -0.3 is 19.7 Å². The Bertz CT molecular complexity index is 789. The molecule has 1 aromatic carbocycles. The highest BCUT2D eigenvalue weighted by atomic mass is 16.5. The molecule has 1 aliphatic rings. The number of carboxylic acid groups (broad SMARTS) is 1. The maximum absolute atomic E-state index is 11.9. The molecular formula is C21H28N2O3. The van der Waals surface area contributed by atoms with E-state index in [4.69, 9.17) is 4.74 Å². The van der Waals surface area contributed by atoms with Crippen LogP contribution in [0.15, 0.2) is 24.3 Å². The Labute approximate surface area is 155 Å². The van der Waals surface area contributed by atoms with Crippen LogP contribution in [-0.2, 0) is 17.8 Å². The first-order valence-electron chi connectivity index (χ1n) is 9.27. The number of hydrogen-bond donors (Lipinski definition) is 2. The van der Waals surface area contributed by atoms with Crippen LogP contribution >= 0.6 is 0 Å². The van der Waals surface area contributed by atoms with Crippen molar-refractivity contribution in [3.63, 3.8) is 0 Å². The van der Waals surface area contributed by atoms with Crippen molar-refractivity contribution in [3.8, 4) is 0 Å². The highest BCUT2D eigenvalue weighted by Gasteiger charge is 2.23. The van der Waals surface area contributed by atoms with Crippen LogP contribution in [0.5, 0.6) is 0 Å². The second-order valence-corrected chi connectivity index (χ2v) is 7.11. The molecule has 0 amide bonds. The van der Waals surface area contributed by atoms with Crippen LogP contribution in [0, 0.1) is 20.8 Å². The number of hydrogen-bond acceptors (Lipinski definition) is 3. The van der Waals surface area contributed by atoms with Gasteiger partial charge >= 0.3 is 5.97 Å². The summed E-state index contributed by atoms with van der Waals surface area (Å²) in [5.41, 5.74) is 5.56. The highest BCUT2D eigenvalue weighted by molar-refractivity contribution is 5.91. The van der Waals surface area contributed by atoms with Gasteiger partial charge in [0.2, 0.25) is 0 Å². The molecule has 1 aliphatic heterocycles. The number of nitrogens with zero attached hydrogens (tertiary/aromatic N) is 1. The molecule has 2 heterocycles. The molecule has 1 unspecified atom stereocenters. The predicted molar refractivity (Wildman–Crippen MR) is 102 cm³/mol. The van der Waals surface area contributed by atoms with Gasteiger partial charge in [0.25, 0.3) is 0 Å². The third-order valence-electron chi connectivity index (χ3n) is 5.41. The number of carbonyl (C=O) groups is 1. The van der Waals surface area contributed by atoms with Crippen molar-refractivity contribution < 1.29 is 14.6 Å². The van der Waals surface area contributed by atoms with E-state index in [0.717, 1.165) is 42.9 Å². The number of aromatic carboxylic acids is 1. The SMILES string of the molecule is Cc1ccccc1Cn1c(C)c(CNCC2CCCO2)c(C(=O)O)c1C. The van der Waals surface area contributed by atoms with Crippen molar-refractivity contribution in [2.24, 2.45) is 0 Å². The largest absolute Gasteiger partial charge is 0.478 e. The molecule has 1 aromatic heterocycles. The molecule has 140 valence electrons. The van der Waals surface area contributed by atoms with Crippen LogP contribution < -0.4 is 5.32 Å². The molecule has 5 nitrogen and oxygen atoms in total. The molecule has 1 saturated heterocycles. The first kappa shape index (κ1) is 18.7. The maximum atomic E-state index is 11.9. The number of carboxylic acids is 1. The Morgan fingerprint density at radius 1 is 1.27 bits per heavy atom. The molecule has 1 fully saturated rings. The zero-order valence-electron chi connectivity index (χ0n) is 15.8. The summed E-state index contributed by atoms with van der Waals surface area (Å²) in [7, 11) is 0. The van der Waals surface area contributed by atoms with Crippen molar-refractivity contribution >= 4 is 5.97 Å². The van der Waals surface area contributed by atoms with E-state index in [0.29, 0.717) is 18.7 Å². The zero-order valence-corrected chi connectivity index (χ0v) is 15.8. The van der Waals surface area contributed by atoms with Gasteiger partial charge in [-0.05, 0) is 44.7 Å². The van der Waals surface area contributed by atoms with Gasteiger partial charge in [-0.25, -0.2) is 4.79 Å². The van der Waals surface area contributed by atoms with Gasteiger partial charge in [-0.15, -0.1) is 0 Å². The van der Waals surface area contributed by atoms with E-state index in [1.54, 1.807) is 0 Å². The summed E-state index contributed by atoms with van der Waals surface area (Å²) in [5.74, 6) is -0.858. The van der Waals surface area contributed by atoms with Gasteiger partial charge in [-0.1, -0.05) is 24.3 Å². The minimum atomic E-state index is -0.858. The van der Waals surface area contributed by atoms with Gasteiger partial charge in [0, 0.05) is 43.2 Å². The van der Waals surface area contributed by atoms with E-state index in [2.05, 4.69) is 28.9 Å². The molecule has 2 aromatic rings. The zero-order chi connectivity index (χ0) is 18.7. The first-order valence-corrected chi connectivity index (χ1v) is 9.27. The Kier molecular flexibility index (Phi) is 5.79. The van der Waals surface area contributed by atoms with E-state index in [9.17, 15) is 9.90 Å². The second kappa shape index (κ2) is 8.06. The molecule has 0 radical (unpaired) electrons. The van der Waals surface area contributed by atoms with Gasteiger partial charge in [0.15, 0.2) is 0 Å². The third-order valence-corrected chi connectivity index (χ3v) is 5.41. The van der Waals surface area contributed by atoms with Crippen molar-refractivity contribution in [1.82, 2.24) is 9.88 Å². The molecule has 0 spiro atoms. The smallest absolute Gasteiger partial charge is 0.337 e. The highest BCUT2D eigenvalue weighted by Crippen LogP contribution is 2.25. The molecule has 0 saturated carbocycles. The van der Waals surface area contributed by atoms with E-state index in [-0.39, 0.29) is 6.10 Å². The number of benzene rings is 1. The van der Waals surface area contributed by atoms with E-state index in [1.165, 1.54) is 11.1 Å². The summed E-state index contributed by atoms with van der Waals surface area (Å²) >= 11 is 0. The van der Waals surface area contributed by atoms with Crippen LogP contribution in [0.4, 0.5) is 0 Å². The van der Waals surface area contributed by atoms with Gasteiger partial charge in [-0.3, -0.25) is 0 Å². The summed E-state index contributed by atoms with van der Waals surface area (Å²) in [6.07, 6.45) is 2.43. The van der Waals surface area contributed by atoms with Crippen molar-refractivity contribution in [2.45, 2.75) is 52.8 Å². The Balaban J connectivity index is 1.83. The molecule has 1 atom stereocenters. The third kappa shape index (κ3) is 3.84. The number of rotatable bonds is 7. The van der Waals surface area contributed by atoms with Crippen LogP contribution in [0.2, 0.25) is 0 Å². The topological polar surface area (TPSA) is 63.5 Å². The molecule has 26 heavy (non-hydrogen) atoms. The van der Waals surface area contributed by atoms with Gasteiger partial charge in [-0.2, -0.15) is 0 Å². The average Bonchev–Trinajstić information content (AvgIpc) is 3.19. The Hall–Kier alpha value is -2.11. The Morgan fingerprint density at radius 3 is 2.69 bits per heavy atom. The summed E-state index contributed by atoms with van der Waals surface area (Å²) < 4.78 is 7.76. The summed E-state index contributed by atoms with van der Waals surface area (Å²) in [6.45, 7) is 8.84. The fourth-order valence-electron chi connectivity index (χ4n) is 3.81. The lowest BCUT2D eigenvalue weighted by Crippen LogP contribution is -2.26. The van der Waals surface area contributed by atoms with Crippen molar-refractivity contribution in [1.29, 1.82) is 0 Å². The number of ether oxygens (including phenoxy) is 1. The van der Waals surface area contributed by atoms with Crippen molar-refractivity contribution in [2.75, 3.05) is 13.2 Å². The lowest BCUT2D eigenvalue weighted by molar-refractivity contribution is 0.0694. The lowest BCUT2D eigenvalue weighted by atomic mass is 10.1. The lowest BCUT2D eigenvalue weighted by Gasteiger charge is -2.13. The number of aryl methyl sites for hydroxylation is 1. The number of aromatic nitrogens is 1. The molecule has 2 N–H and O–H groups in total. The minimum absolute atomic E-state index is 0.249. The van der Waals surface area contributed by atoms with Crippen LogP contribution in [0.3, 0.4) is 0 Å². The number of nitrogens with one attached hydrogen (secondary N) is 1. The van der Waals surface area contributed by atoms with Gasteiger partial charge in [0.05, 0.1) is 11.7 Å². The van der Waals surface area contributed by atoms with Crippen molar-refractivity contribution in [3.05, 3.63) is 57.9 Å². The molecule has 0 bridgehead atoms.